The van der Waals surface area contributed by atoms with Gasteiger partial charge >= 0.3 is 11.7 Å². The van der Waals surface area contributed by atoms with E-state index in [2.05, 4.69) is 5.92 Å². The third-order valence-electron chi connectivity index (χ3n) is 2.52. The number of ether oxygens (including phenoxy) is 1. The van der Waals surface area contributed by atoms with Crippen molar-refractivity contribution in [1.29, 1.82) is 0 Å². The Labute approximate surface area is 120 Å². The number of rotatable bonds is 6. The molecule has 0 bridgehead atoms. The molecule has 0 unspecified atom stereocenters. The average Bonchev–Trinajstić information content (AvgIpc) is 2.44. The predicted octanol–water partition coefficient (Wildman–Crippen LogP) is 0.763. The molecule has 0 saturated heterocycles. The number of carbonyl (C=O) groups is 2. The van der Waals surface area contributed by atoms with Gasteiger partial charge in [-0.1, -0.05) is 5.92 Å². The van der Waals surface area contributed by atoms with Crippen LogP contribution in [-0.4, -0.2) is 47.0 Å². The van der Waals surface area contributed by atoms with Crippen molar-refractivity contribution < 1.29 is 24.4 Å². The number of terminal acetylenes is 1. The molecular weight excluding hydrogens is 280 g/mol. The second-order valence-corrected chi connectivity index (χ2v) is 3.90. The second-order valence-electron chi connectivity index (χ2n) is 3.90. The van der Waals surface area contributed by atoms with E-state index in [4.69, 9.17) is 16.3 Å². The van der Waals surface area contributed by atoms with E-state index in [1.807, 2.05) is 0 Å². The topological polar surface area (TPSA) is 110 Å². The number of nitrogens with zero attached hydrogens (tertiary/aromatic N) is 2. The molecule has 0 atom stereocenters. The smallest absolute Gasteiger partial charge is 0.323 e. The summed E-state index contributed by atoms with van der Waals surface area (Å²) in [6, 6.07) is 3.50. The summed E-state index contributed by atoms with van der Waals surface area (Å²) < 4.78 is 4.85. The Balaban J connectivity index is 3.14. The summed E-state index contributed by atoms with van der Waals surface area (Å²) in [6.45, 7) is -0.757. The highest BCUT2D eigenvalue weighted by molar-refractivity contribution is 5.96. The van der Waals surface area contributed by atoms with E-state index in [-0.39, 0.29) is 23.5 Å². The maximum Gasteiger partial charge on any atom is 0.323 e. The van der Waals surface area contributed by atoms with Crippen LogP contribution in [0.3, 0.4) is 0 Å². The van der Waals surface area contributed by atoms with Crippen molar-refractivity contribution in [2.24, 2.45) is 0 Å². The Kier molecular flexibility index (Phi) is 5.25. The zero-order valence-electron chi connectivity index (χ0n) is 11.1. The molecule has 0 aliphatic rings. The normalized spacial score (nSPS) is 9.52. The van der Waals surface area contributed by atoms with Crippen molar-refractivity contribution in [3.8, 4) is 18.1 Å². The second kappa shape index (κ2) is 6.91. The van der Waals surface area contributed by atoms with Gasteiger partial charge in [-0.2, -0.15) is 0 Å². The molecule has 1 N–H and O–H groups in total. The number of nitro benzene ring substituents is 1. The molecule has 0 fully saturated rings. The molecule has 0 aliphatic carbocycles. The van der Waals surface area contributed by atoms with Gasteiger partial charge in [-0.3, -0.25) is 19.7 Å². The van der Waals surface area contributed by atoms with E-state index in [1.54, 1.807) is 0 Å². The highest BCUT2D eigenvalue weighted by atomic mass is 16.6. The van der Waals surface area contributed by atoms with E-state index in [0.717, 1.165) is 11.0 Å². The highest BCUT2D eigenvalue weighted by Gasteiger charge is 2.22. The number of carboxylic acid groups (broad SMARTS) is 1. The van der Waals surface area contributed by atoms with Crippen LogP contribution in [0.2, 0.25) is 0 Å². The molecule has 1 amide bonds. The van der Waals surface area contributed by atoms with Gasteiger partial charge < -0.3 is 14.7 Å². The molecule has 0 spiro atoms. The fraction of sp³-hybridized carbons (Fsp3) is 0.231. The average molecular weight is 292 g/mol. The lowest BCUT2D eigenvalue weighted by Crippen LogP contribution is -2.36. The highest BCUT2D eigenvalue weighted by Crippen LogP contribution is 2.27. The minimum atomic E-state index is -1.22. The third-order valence-corrected chi connectivity index (χ3v) is 2.52. The Bertz CT molecular complexity index is 620. The Morgan fingerprint density at radius 3 is 2.67 bits per heavy atom. The van der Waals surface area contributed by atoms with Crippen molar-refractivity contribution in [2.75, 3.05) is 20.2 Å². The monoisotopic (exact) mass is 292 g/mol. The summed E-state index contributed by atoms with van der Waals surface area (Å²) >= 11 is 0. The van der Waals surface area contributed by atoms with Gasteiger partial charge in [-0.15, -0.1) is 6.42 Å². The van der Waals surface area contributed by atoms with Crippen LogP contribution in [0.5, 0.6) is 5.75 Å². The molecule has 0 aromatic heterocycles. The lowest BCUT2D eigenvalue weighted by Gasteiger charge is -2.18. The third kappa shape index (κ3) is 3.94. The van der Waals surface area contributed by atoms with Gasteiger partial charge in [0, 0.05) is 17.7 Å². The standard InChI is InChI=1S/C13H12N2O6/c1-3-6-14(8-12(16)17)13(18)9-4-5-10(15(19)20)11(7-9)21-2/h1,4-5,7H,6,8H2,2H3,(H,16,17). The van der Waals surface area contributed by atoms with Gasteiger partial charge in [0.05, 0.1) is 18.6 Å². The minimum absolute atomic E-state index is 0.0500. The zero-order chi connectivity index (χ0) is 16.0. The van der Waals surface area contributed by atoms with Gasteiger partial charge in [0.2, 0.25) is 0 Å². The lowest BCUT2D eigenvalue weighted by atomic mass is 10.1. The molecule has 21 heavy (non-hydrogen) atoms. The van der Waals surface area contributed by atoms with Crippen molar-refractivity contribution in [3.05, 3.63) is 33.9 Å². The van der Waals surface area contributed by atoms with Gasteiger partial charge in [-0.05, 0) is 6.07 Å². The van der Waals surface area contributed by atoms with E-state index in [1.165, 1.54) is 19.2 Å². The summed E-state index contributed by atoms with van der Waals surface area (Å²) in [6.07, 6.45) is 5.09. The van der Waals surface area contributed by atoms with Crippen LogP contribution in [-0.2, 0) is 4.79 Å². The minimum Gasteiger partial charge on any atom is -0.490 e. The molecule has 1 rings (SSSR count). The van der Waals surface area contributed by atoms with Crippen LogP contribution < -0.4 is 4.74 Å². The first-order valence-corrected chi connectivity index (χ1v) is 5.67. The number of hydrogen-bond acceptors (Lipinski definition) is 5. The Morgan fingerprint density at radius 2 is 2.19 bits per heavy atom. The summed E-state index contributed by atoms with van der Waals surface area (Å²) in [7, 11) is 1.23. The van der Waals surface area contributed by atoms with Crippen molar-refractivity contribution >= 4 is 17.6 Å². The lowest BCUT2D eigenvalue weighted by molar-refractivity contribution is -0.385. The number of benzene rings is 1. The van der Waals surface area contributed by atoms with E-state index >= 15 is 0 Å². The maximum atomic E-state index is 12.2. The first-order chi connectivity index (χ1) is 9.90. The number of carbonyl (C=O) groups excluding carboxylic acids is 1. The molecule has 0 saturated carbocycles. The van der Waals surface area contributed by atoms with Gasteiger partial charge in [0.1, 0.15) is 6.54 Å². The first-order valence-electron chi connectivity index (χ1n) is 5.67. The molecule has 110 valence electrons. The number of amides is 1. The van der Waals surface area contributed by atoms with Crippen LogP contribution in [0.15, 0.2) is 18.2 Å². The van der Waals surface area contributed by atoms with Gasteiger partial charge in [-0.25, -0.2) is 0 Å². The van der Waals surface area contributed by atoms with Crippen LogP contribution in [0.1, 0.15) is 10.4 Å². The summed E-state index contributed by atoms with van der Waals surface area (Å²) in [5, 5.41) is 19.5. The van der Waals surface area contributed by atoms with E-state index in [0.29, 0.717) is 0 Å². The number of carboxylic acids is 1. The Morgan fingerprint density at radius 1 is 1.52 bits per heavy atom. The summed E-state index contributed by atoms with van der Waals surface area (Å²) in [4.78, 5) is 33.9. The van der Waals surface area contributed by atoms with Gasteiger partial charge in [0.25, 0.3) is 5.91 Å². The SMILES string of the molecule is C#CCN(CC(=O)O)C(=O)c1ccc([N+](=O)[O-])c(OC)c1. The van der Waals surface area contributed by atoms with Crippen molar-refractivity contribution in [1.82, 2.24) is 4.90 Å². The molecular formula is C13H12N2O6. The number of hydrogen-bond donors (Lipinski definition) is 1. The molecule has 0 heterocycles. The fourth-order valence-corrected chi connectivity index (χ4v) is 1.62. The van der Waals surface area contributed by atoms with Gasteiger partial charge in [0.15, 0.2) is 5.75 Å². The summed E-state index contributed by atoms with van der Waals surface area (Å²) in [5.74, 6) is 0.224. The molecule has 0 aliphatic heterocycles. The molecule has 1 aromatic rings. The first kappa shape index (κ1) is 16.0. The number of nitro groups is 1. The zero-order valence-corrected chi connectivity index (χ0v) is 11.1. The van der Waals surface area contributed by atoms with Crippen molar-refractivity contribution in [3.63, 3.8) is 0 Å². The van der Waals surface area contributed by atoms with E-state index in [9.17, 15) is 19.7 Å². The Hall–Kier alpha value is -3.08. The quantitative estimate of drug-likeness (QED) is 0.471. The fourth-order valence-electron chi connectivity index (χ4n) is 1.62. The largest absolute Gasteiger partial charge is 0.490 e. The number of aliphatic carboxylic acids is 1. The molecule has 8 nitrogen and oxygen atoms in total. The molecule has 8 heteroatoms. The predicted molar refractivity (Wildman–Crippen MR) is 72.0 cm³/mol. The summed E-state index contributed by atoms with van der Waals surface area (Å²) in [5.41, 5.74) is -0.246. The van der Waals surface area contributed by atoms with Crippen LogP contribution >= 0.6 is 0 Å². The van der Waals surface area contributed by atoms with E-state index < -0.39 is 23.3 Å². The van der Waals surface area contributed by atoms with Crippen LogP contribution in [0.4, 0.5) is 5.69 Å². The van der Waals surface area contributed by atoms with Crippen LogP contribution in [0.25, 0.3) is 0 Å². The van der Waals surface area contributed by atoms with Crippen LogP contribution in [0, 0.1) is 22.5 Å². The number of methoxy groups -OCH3 is 1. The van der Waals surface area contributed by atoms with Crippen molar-refractivity contribution in [2.45, 2.75) is 0 Å². The molecule has 0 radical (unpaired) electrons. The maximum absolute atomic E-state index is 12.2. The molecule has 1 aromatic carbocycles.